The van der Waals surface area contributed by atoms with Crippen LogP contribution in [-0.4, -0.2) is 60.6 Å². The monoisotopic (exact) mass is 420 g/mol. The summed E-state index contributed by atoms with van der Waals surface area (Å²) in [7, 11) is 1.81. The van der Waals surface area contributed by atoms with Crippen LogP contribution < -0.4 is 5.32 Å². The molecule has 1 saturated heterocycles. The van der Waals surface area contributed by atoms with Gasteiger partial charge in [-0.15, -0.1) is 0 Å². The van der Waals surface area contributed by atoms with E-state index in [0.29, 0.717) is 35.5 Å². The van der Waals surface area contributed by atoms with E-state index in [2.05, 4.69) is 31.4 Å². The molecule has 3 aromatic rings. The minimum atomic E-state index is -0.737. The third-order valence-corrected chi connectivity index (χ3v) is 5.39. The third kappa shape index (κ3) is 3.86. The van der Waals surface area contributed by atoms with Crippen molar-refractivity contribution in [3.8, 4) is 17.3 Å². The molecule has 0 radical (unpaired) electrons. The molecule has 2 N–H and O–H groups in total. The molecule has 1 aliphatic heterocycles. The lowest BCUT2D eigenvalue weighted by Crippen LogP contribution is -2.60. The Morgan fingerprint density at radius 1 is 1.32 bits per heavy atom. The predicted molar refractivity (Wildman–Crippen MR) is 112 cm³/mol. The zero-order chi connectivity index (χ0) is 22.3. The predicted octanol–water partition coefficient (Wildman–Crippen LogP) is 1.48. The van der Waals surface area contributed by atoms with Gasteiger partial charge in [0.1, 0.15) is 11.6 Å². The number of likely N-dealkylation sites (tertiary alicyclic amines) is 1. The Morgan fingerprint density at radius 2 is 2.06 bits per heavy atom. The molecule has 31 heavy (non-hydrogen) atoms. The van der Waals surface area contributed by atoms with E-state index in [-0.39, 0.29) is 11.8 Å². The average molecular weight is 420 g/mol. The van der Waals surface area contributed by atoms with Gasteiger partial charge >= 0.3 is 0 Å². The van der Waals surface area contributed by atoms with Crippen LogP contribution in [0.4, 0.5) is 0 Å². The summed E-state index contributed by atoms with van der Waals surface area (Å²) in [5.41, 5.74) is 2.10. The number of nitrogens with one attached hydrogen (secondary N) is 2. The molecule has 0 saturated carbocycles. The van der Waals surface area contributed by atoms with Crippen LogP contribution in [0.5, 0.6) is 0 Å². The normalized spacial score (nSPS) is 15.4. The van der Waals surface area contributed by atoms with Crippen molar-refractivity contribution in [2.24, 2.45) is 18.4 Å². The first-order chi connectivity index (χ1) is 14.7. The van der Waals surface area contributed by atoms with E-state index >= 15 is 0 Å². The second-order valence-corrected chi connectivity index (χ2v) is 8.90. The molecule has 3 aromatic heterocycles. The summed E-state index contributed by atoms with van der Waals surface area (Å²) < 4.78 is 1.66. The summed E-state index contributed by atoms with van der Waals surface area (Å²) >= 11 is 0. The number of fused-ring (bicyclic) bond motifs is 1. The van der Waals surface area contributed by atoms with Gasteiger partial charge < -0.3 is 15.2 Å². The molecule has 0 unspecified atom stereocenters. The van der Waals surface area contributed by atoms with Crippen LogP contribution in [0.3, 0.4) is 0 Å². The Bertz CT molecular complexity index is 1190. The summed E-state index contributed by atoms with van der Waals surface area (Å²) in [5.74, 6) is -0.737. The van der Waals surface area contributed by atoms with Gasteiger partial charge in [-0.25, -0.2) is 9.97 Å². The van der Waals surface area contributed by atoms with Gasteiger partial charge in [-0.1, -0.05) is 20.8 Å². The zero-order valence-electron chi connectivity index (χ0n) is 17.9. The number of rotatable bonds is 4. The summed E-state index contributed by atoms with van der Waals surface area (Å²) in [5, 5.41) is 16.0. The van der Waals surface area contributed by atoms with Crippen molar-refractivity contribution in [2.75, 3.05) is 13.1 Å². The lowest BCUT2D eigenvalue weighted by molar-refractivity contribution is -0.141. The fraction of sp³-hybridized carbons (Fsp3) is 0.429. The molecule has 2 amide bonds. The molecule has 0 spiro atoms. The third-order valence-electron chi connectivity index (χ3n) is 5.39. The summed E-state index contributed by atoms with van der Waals surface area (Å²) in [6, 6.07) is 1.42. The second kappa shape index (κ2) is 7.50. The number of amides is 2. The van der Waals surface area contributed by atoms with Gasteiger partial charge in [0.25, 0.3) is 5.91 Å². The van der Waals surface area contributed by atoms with E-state index in [9.17, 15) is 9.59 Å². The topological polar surface area (TPSA) is 133 Å². The van der Waals surface area contributed by atoms with E-state index in [1.54, 1.807) is 28.2 Å². The molecule has 10 heteroatoms. The van der Waals surface area contributed by atoms with E-state index in [1.165, 1.54) is 0 Å². The fourth-order valence-electron chi connectivity index (χ4n) is 3.54. The summed E-state index contributed by atoms with van der Waals surface area (Å²) in [6.07, 6.45) is 6.66. The first-order valence-electron chi connectivity index (χ1n) is 10.00. The van der Waals surface area contributed by atoms with Gasteiger partial charge in [0, 0.05) is 38.1 Å². The Labute approximate surface area is 179 Å². The molecular formula is C21H24N8O2. The number of H-pyrrole nitrogens is 1. The molecule has 10 nitrogen and oxygen atoms in total. The number of carbonyl (C=O) groups is 2. The highest BCUT2D eigenvalue weighted by Gasteiger charge is 2.40. The van der Waals surface area contributed by atoms with Crippen LogP contribution in [0.15, 0.2) is 24.8 Å². The van der Waals surface area contributed by atoms with Crippen molar-refractivity contribution in [2.45, 2.75) is 26.8 Å². The Kier molecular flexibility index (Phi) is 4.97. The molecule has 1 fully saturated rings. The van der Waals surface area contributed by atoms with Crippen LogP contribution in [0.1, 0.15) is 31.1 Å². The Morgan fingerprint density at radius 3 is 2.68 bits per heavy atom. The number of carbonyl (C=O) groups excluding carboxylic acids is 2. The SMILES string of the molecule is Cn1cc(-c2cnc3[nH]cc(C(=O)N[C@@H](C(=O)N4CC(C#N)C4)C(C)(C)C)c3n2)cn1. The maximum Gasteiger partial charge on any atom is 0.255 e. The average Bonchev–Trinajstić information content (AvgIpc) is 3.29. The van der Waals surface area contributed by atoms with Crippen LogP contribution in [0.2, 0.25) is 0 Å². The molecule has 4 heterocycles. The maximum absolute atomic E-state index is 13.1. The standard InChI is InChI=1S/C21H24N8O2/c1-21(2,3)17(20(31)29-9-12(5-22)10-29)27-19(30)14-7-23-18-16(14)26-15(8-24-18)13-6-25-28(4)11-13/h6-8,11-12,17H,9-10H2,1-4H3,(H,23,24)(H,27,30)/t17-/m0/s1. The molecule has 0 bridgehead atoms. The van der Waals surface area contributed by atoms with Crippen LogP contribution in [-0.2, 0) is 11.8 Å². The summed E-state index contributed by atoms with van der Waals surface area (Å²) in [4.78, 5) is 39.7. The molecule has 1 aliphatic rings. The van der Waals surface area contributed by atoms with Crippen molar-refractivity contribution >= 4 is 23.0 Å². The molecule has 160 valence electrons. The molecular weight excluding hydrogens is 396 g/mol. The van der Waals surface area contributed by atoms with E-state index in [1.807, 2.05) is 34.0 Å². The maximum atomic E-state index is 13.1. The second-order valence-electron chi connectivity index (χ2n) is 8.90. The number of nitrogens with zero attached hydrogens (tertiary/aromatic N) is 6. The highest BCUT2D eigenvalue weighted by Crippen LogP contribution is 2.26. The molecule has 4 rings (SSSR count). The van der Waals surface area contributed by atoms with E-state index in [0.717, 1.165) is 5.56 Å². The van der Waals surface area contributed by atoms with Gasteiger partial charge in [0.2, 0.25) is 5.91 Å². The molecule has 1 atom stereocenters. The number of hydrogen-bond donors (Lipinski definition) is 2. The number of aromatic amines is 1. The lowest BCUT2D eigenvalue weighted by atomic mass is 9.84. The highest BCUT2D eigenvalue weighted by molar-refractivity contribution is 6.06. The zero-order valence-corrected chi connectivity index (χ0v) is 17.9. The molecule has 0 aromatic carbocycles. The van der Waals surface area contributed by atoms with Crippen molar-refractivity contribution in [3.05, 3.63) is 30.4 Å². The van der Waals surface area contributed by atoms with Crippen molar-refractivity contribution in [1.82, 2.24) is 34.9 Å². The van der Waals surface area contributed by atoms with Gasteiger partial charge in [0.15, 0.2) is 5.65 Å². The lowest BCUT2D eigenvalue weighted by Gasteiger charge is -2.41. The van der Waals surface area contributed by atoms with E-state index in [4.69, 9.17) is 5.26 Å². The van der Waals surface area contributed by atoms with Crippen LogP contribution in [0, 0.1) is 22.7 Å². The van der Waals surface area contributed by atoms with Crippen LogP contribution in [0.25, 0.3) is 22.4 Å². The quantitative estimate of drug-likeness (QED) is 0.657. The van der Waals surface area contributed by atoms with Gasteiger partial charge in [-0.3, -0.25) is 14.3 Å². The van der Waals surface area contributed by atoms with Crippen LogP contribution >= 0.6 is 0 Å². The summed E-state index contributed by atoms with van der Waals surface area (Å²) in [6.45, 7) is 6.47. The number of nitriles is 1. The Balaban J connectivity index is 1.60. The van der Waals surface area contributed by atoms with Gasteiger partial charge in [-0.2, -0.15) is 10.4 Å². The van der Waals surface area contributed by atoms with Crippen molar-refractivity contribution < 1.29 is 9.59 Å². The highest BCUT2D eigenvalue weighted by atomic mass is 16.2. The minimum absolute atomic E-state index is 0.143. The van der Waals surface area contributed by atoms with E-state index < -0.39 is 17.4 Å². The minimum Gasteiger partial charge on any atom is -0.344 e. The van der Waals surface area contributed by atoms with Gasteiger partial charge in [0.05, 0.1) is 35.6 Å². The number of aryl methyl sites for hydroxylation is 1. The smallest absolute Gasteiger partial charge is 0.255 e. The first-order valence-corrected chi connectivity index (χ1v) is 10.00. The number of aromatic nitrogens is 5. The number of hydrogen-bond acceptors (Lipinski definition) is 6. The largest absolute Gasteiger partial charge is 0.344 e. The Hall–Kier alpha value is -3.74. The first kappa shape index (κ1) is 20.5. The van der Waals surface area contributed by atoms with Gasteiger partial charge in [-0.05, 0) is 5.41 Å². The fourth-order valence-corrected chi connectivity index (χ4v) is 3.54. The molecule has 0 aliphatic carbocycles. The van der Waals surface area contributed by atoms with Crippen molar-refractivity contribution in [3.63, 3.8) is 0 Å². The van der Waals surface area contributed by atoms with Crippen molar-refractivity contribution in [1.29, 1.82) is 5.26 Å².